The highest BCUT2D eigenvalue weighted by Gasteiger charge is 2.07. The SMILES string of the molecule is Nc1cccc2nnc(Cc3ccccc3)n12. The van der Waals surface area contributed by atoms with Crippen LogP contribution in [0.3, 0.4) is 0 Å². The van der Waals surface area contributed by atoms with Crippen LogP contribution in [0.4, 0.5) is 5.82 Å². The molecule has 4 heteroatoms. The first-order valence-electron chi connectivity index (χ1n) is 5.47. The van der Waals surface area contributed by atoms with E-state index in [1.807, 2.05) is 40.8 Å². The average molecular weight is 224 g/mol. The van der Waals surface area contributed by atoms with Gasteiger partial charge in [-0.05, 0) is 17.7 Å². The molecule has 2 heterocycles. The predicted octanol–water partition coefficient (Wildman–Crippen LogP) is 1.90. The minimum Gasteiger partial charge on any atom is -0.385 e. The fraction of sp³-hybridized carbons (Fsp3) is 0.0769. The molecule has 0 atom stereocenters. The molecule has 1 aromatic carbocycles. The lowest BCUT2D eigenvalue weighted by atomic mass is 10.1. The number of hydrogen-bond acceptors (Lipinski definition) is 3. The lowest BCUT2D eigenvalue weighted by molar-refractivity contribution is 0.939. The first-order valence-corrected chi connectivity index (χ1v) is 5.47. The molecule has 2 N–H and O–H groups in total. The number of nitrogen functional groups attached to an aromatic ring is 1. The number of aromatic nitrogens is 3. The maximum absolute atomic E-state index is 5.94. The fourth-order valence-electron chi connectivity index (χ4n) is 1.92. The van der Waals surface area contributed by atoms with Crippen molar-refractivity contribution in [1.29, 1.82) is 0 Å². The quantitative estimate of drug-likeness (QED) is 0.723. The molecule has 0 aliphatic heterocycles. The summed E-state index contributed by atoms with van der Waals surface area (Å²) in [6.45, 7) is 0. The molecule has 3 rings (SSSR count). The Hall–Kier alpha value is -2.36. The number of nitrogens with zero attached hydrogens (tertiary/aromatic N) is 3. The zero-order chi connectivity index (χ0) is 11.7. The van der Waals surface area contributed by atoms with Gasteiger partial charge in [-0.1, -0.05) is 36.4 Å². The van der Waals surface area contributed by atoms with Gasteiger partial charge in [0.15, 0.2) is 5.65 Å². The van der Waals surface area contributed by atoms with E-state index in [0.29, 0.717) is 5.82 Å². The van der Waals surface area contributed by atoms with Crippen molar-refractivity contribution < 1.29 is 0 Å². The van der Waals surface area contributed by atoms with Crippen molar-refractivity contribution in [1.82, 2.24) is 14.6 Å². The van der Waals surface area contributed by atoms with Crippen molar-refractivity contribution in [2.24, 2.45) is 0 Å². The summed E-state index contributed by atoms with van der Waals surface area (Å²) >= 11 is 0. The van der Waals surface area contributed by atoms with Gasteiger partial charge in [-0.2, -0.15) is 0 Å². The first-order chi connectivity index (χ1) is 8.34. The monoisotopic (exact) mass is 224 g/mol. The minimum atomic E-state index is 0.665. The average Bonchev–Trinajstić information content (AvgIpc) is 2.75. The predicted molar refractivity (Wildman–Crippen MR) is 66.6 cm³/mol. The van der Waals surface area contributed by atoms with Gasteiger partial charge in [0.05, 0.1) is 0 Å². The Morgan fingerprint density at radius 2 is 1.76 bits per heavy atom. The van der Waals surface area contributed by atoms with E-state index in [1.54, 1.807) is 0 Å². The fourth-order valence-corrected chi connectivity index (χ4v) is 1.92. The van der Waals surface area contributed by atoms with Gasteiger partial charge in [0, 0.05) is 6.42 Å². The van der Waals surface area contributed by atoms with Gasteiger partial charge in [-0.15, -0.1) is 10.2 Å². The molecule has 2 aromatic heterocycles. The summed E-state index contributed by atoms with van der Waals surface area (Å²) in [6.07, 6.45) is 0.732. The lowest BCUT2D eigenvalue weighted by Crippen LogP contribution is -2.01. The minimum absolute atomic E-state index is 0.665. The third-order valence-electron chi connectivity index (χ3n) is 2.73. The second kappa shape index (κ2) is 3.90. The summed E-state index contributed by atoms with van der Waals surface area (Å²) in [4.78, 5) is 0. The molecule has 0 spiro atoms. The van der Waals surface area contributed by atoms with Crippen LogP contribution < -0.4 is 5.73 Å². The van der Waals surface area contributed by atoms with E-state index >= 15 is 0 Å². The Bertz CT molecular complexity index is 643. The number of anilines is 1. The van der Waals surface area contributed by atoms with Crippen LogP contribution in [-0.4, -0.2) is 14.6 Å². The zero-order valence-corrected chi connectivity index (χ0v) is 9.24. The third-order valence-corrected chi connectivity index (χ3v) is 2.73. The van der Waals surface area contributed by atoms with Crippen molar-refractivity contribution in [3.8, 4) is 0 Å². The normalized spacial score (nSPS) is 10.8. The Labute approximate surface area is 98.7 Å². The molecule has 84 valence electrons. The smallest absolute Gasteiger partial charge is 0.162 e. The van der Waals surface area contributed by atoms with Crippen LogP contribution in [-0.2, 0) is 6.42 Å². The van der Waals surface area contributed by atoms with Crippen molar-refractivity contribution in [3.05, 3.63) is 59.9 Å². The standard InChI is InChI=1S/C13H12N4/c14-11-7-4-8-12-15-16-13(17(11)12)9-10-5-2-1-3-6-10/h1-8H,9,14H2. The van der Waals surface area contributed by atoms with Crippen molar-refractivity contribution >= 4 is 11.5 Å². The van der Waals surface area contributed by atoms with Gasteiger partial charge in [0.25, 0.3) is 0 Å². The Morgan fingerprint density at radius 3 is 2.59 bits per heavy atom. The van der Waals surface area contributed by atoms with Crippen LogP contribution in [0, 0.1) is 0 Å². The largest absolute Gasteiger partial charge is 0.385 e. The van der Waals surface area contributed by atoms with E-state index in [-0.39, 0.29) is 0 Å². The molecular weight excluding hydrogens is 212 g/mol. The van der Waals surface area contributed by atoms with Crippen molar-refractivity contribution in [2.45, 2.75) is 6.42 Å². The topological polar surface area (TPSA) is 56.2 Å². The number of hydrogen-bond donors (Lipinski definition) is 1. The summed E-state index contributed by atoms with van der Waals surface area (Å²) in [5.74, 6) is 1.53. The Balaban J connectivity index is 2.07. The molecule has 0 aliphatic rings. The molecule has 3 aromatic rings. The molecule has 4 nitrogen and oxygen atoms in total. The Kier molecular flexibility index (Phi) is 2.26. The number of fused-ring (bicyclic) bond motifs is 1. The lowest BCUT2D eigenvalue weighted by Gasteiger charge is -2.03. The molecule has 0 amide bonds. The van der Waals surface area contributed by atoms with Gasteiger partial charge >= 0.3 is 0 Å². The maximum Gasteiger partial charge on any atom is 0.162 e. The zero-order valence-electron chi connectivity index (χ0n) is 9.24. The Morgan fingerprint density at radius 1 is 0.941 bits per heavy atom. The molecule has 0 aliphatic carbocycles. The van der Waals surface area contributed by atoms with Gasteiger partial charge in [0.2, 0.25) is 0 Å². The summed E-state index contributed by atoms with van der Waals surface area (Å²) in [5.41, 5.74) is 7.93. The molecule has 17 heavy (non-hydrogen) atoms. The molecule has 0 fully saturated rings. The second-order valence-corrected chi connectivity index (χ2v) is 3.92. The van der Waals surface area contributed by atoms with Gasteiger partial charge < -0.3 is 5.73 Å². The molecule has 0 saturated heterocycles. The summed E-state index contributed by atoms with van der Waals surface area (Å²) < 4.78 is 1.88. The molecular formula is C13H12N4. The van der Waals surface area contributed by atoms with Crippen LogP contribution >= 0.6 is 0 Å². The van der Waals surface area contributed by atoms with E-state index in [2.05, 4.69) is 22.3 Å². The number of pyridine rings is 1. The van der Waals surface area contributed by atoms with Crippen LogP contribution in [0.2, 0.25) is 0 Å². The van der Waals surface area contributed by atoms with Crippen LogP contribution in [0.1, 0.15) is 11.4 Å². The molecule has 0 radical (unpaired) electrons. The molecule has 0 unspecified atom stereocenters. The summed E-state index contributed by atoms with van der Waals surface area (Å²) in [6, 6.07) is 15.8. The van der Waals surface area contributed by atoms with E-state index < -0.39 is 0 Å². The van der Waals surface area contributed by atoms with Crippen molar-refractivity contribution in [3.63, 3.8) is 0 Å². The number of rotatable bonds is 2. The maximum atomic E-state index is 5.94. The summed E-state index contributed by atoms with van der Waals surface area (Å²) in [5, 5.41) is 8.29. The highest BCUT2D eigenvalue weighted by molar-refractivity contribution is 5.48. The van der Waals surface area contributed by atoms with Gasteiger partial charge in [0.1, 0.15) is 11.6 Å². The molecule has 0 saturated carbocycles. The highest BCUT2D eigenvalue weighted by atomic mass is 15.3. The van der Waals surface area contributed by atoms with E-state index in [4.69, 9.17) is 5.73 Å². The summed E-state index contributed by atoms with van der Waals surface area (Å²) in [7, 11) is 0. The first kappa shape index (κ1) is 9.84. The van der Waals surface area contributed by atoms with E-state index in [0.717, 1.165) is 17.9 Å². The van der Waals surface area contributed by atoms with Crippen LogP contribution in [0.15, 0.2) is 48.5 Å². The molecule has 0 bridgehead atoms. The highest BCUT2D eigenvalue weighted by Crippen LogP contribution is 2.13. The van der Waals surface area contributed by atoms with E-state index in [1.165, 1.54) is 5.56 Å². The van der Waals surface area contributed by atoms with Crippen LogP contribution in [0.5, 0.6) is 0 Å². The second-order valence-electron chi connectivity index (χ2n) is 3.92. The van der Waals surface area contributed by atoms with Crippen LogP contribution in [0.25, 0.3) is 5.65 Å². The number of benzene rings is 1. The van der Waals surface area contributed by atoms with Gasteiger partial charge in [-0.25, -0.2) is 0 Å². The van der Waals surface area contributed by atoms with E-state index in [9.17, 15) is 0 Å². The number of nitrogens with two attached hydrogens (primary N) is 1. The third kappa shape index (κ3) is 1.73. The van der Waals surface area contributed by atoms with Gasteiger partial charge in [-0.3, -0.25) is 4.40 Å². The van der Waals surface area contributed by atoms with Crippen molar-refractivity contribution in [2.75, 3.05) is 5.73 Å².